The Kier molecular flexibility index (Phi) is 6.24. The number of rotatable bonds is 6. The summed E-state index contributed by atoms with van der Waals surface area (Å²) in [6.07, 6.45) is 5.03. The number of unbranched alkanes of at least 4 members (excludes halogenated alkanes) is 4. The number of hydrogen-bond donors (Lipinski definition) is 0. The largest absolute Gasteiger partial charge is 0.444 e. The molecule has 4 nitrogen and oxygen atoms in total. The summed E-state index contributed by atoms with van der Waals surface area (Å²) >= 11 is 0. The quantitative estimate of drug-likeness (QED) is 0.351. The molecule has 0 unspecified atom stereocenters. The molecule has 0 atom stereocenters. The van der Waals surface area contributed by atoms with Crippen LogP contribution in [0.1, 0.15) is 45.4 Å². The Bertz CT molecular complexity index is 156. The lowest BCUT2D eigenvalue weighted by Crippen LogP contribution is -2.10. The van der Waals surface area contributed by atoms with E-state index in [9.17, 15) is 14.9 Å². The topological polar surface area (TPSA) is 60.2 Å². The fourth-order valence-electron chi connectivity index (χ4n) is 0.971. The molecule has 0 aromatic rings. The van der Waals surface area contributed by atoms with Crippen molar-refractivity contribution in [2.75, 3.05) is 0 Å². The van der Waals surface area contributed by atoms with Crippen molar-refractivity contribution in [1.29, 1.82) is 0 Å². The molecule has 1 amide bonds. The summed E-state index contributed by atoms with van der Waals surface area (Å²) in [7, 11) is 0. The van der Waals surface area contributed by atoms with Gasteiger partial charge < -0.3 is 0 Å². The van der Waals surface area contributed by atoms with Crippen LogP contribution in [0.25, 0.3) is 0 Å². The van der Waals surface area contributed by atoms with Gasteiger partial charge in [-0.2, -0.15) is 0 Å². The van der Waals surface area contributed by atoms with E-state index in [1.165, 1.54) is 0 Å². The van der Waals surface area contributed by atoms with Crippen molar-refractivity contribution in [2.45, 2.75) is 45.4 Å². The Morgan fingerprint density at radius 3 is 2.33 bits per heavy atom. The number of amides is 1. The molecule has 0 spiro atoms. The fraction of sp³-hybridized carbons (Fsp3) is 0.875. The third-order valence-electron chi connectivity index (χ3n) is 1.70. The minimum atomic E-state index is -0.855. The molecule has 0 aliphatic carbocycles. The number of carbonyl (C=O) groups is 1. The highest BCUT2D eigenvalue weighted by Gasteiger charge is 2.12. The fourth-order valence-corrected chi connectivity index (χ4v) is 0.971. The van der Waals surface area contributed by atoms with Crippen molar-refractivity contribution in [3.63, 3.8) is 0 Å². The van der Waals surface area contributed by atoms with E-state index >= 15 is 0 Å². The van der Waals surface area contributed by atoms with E-state index in [1.54, 1.807) is 0 Å². The average Bonchev–Trinajstić information content (AvgIpc) is 2.03. The third-order valence-corrected chi connectivity index (χ3v) is 1.70. The van der Waals surface area contributed by atoms with Gasteiger partial charge in [0.15, 0.2) is 0 Å². The van der Waals surface area contributed by atoms with Gasteiger partial charge >= 0.3 is 5.91 Å². The van der Waals surface area contributed by atoms with Gasteiger partial charge in [-0.15, -0.1) is 0 Å². The monoisotopic (exact) mass is 173 g/mol. The maximum absolute atomic E-state index is 10.5. The third kappa shape index (κ3) is 5.82. The van der Waals surface area contributed by atoms with E-state index in [0.29, 0.717) is 6.42 Å². The highest BCUT2D eigenvalue weighted by atomic mass is 16.6. The Morgan fingerprint density at radius 2 is 1.83 bits per heavy atom. The van der Waals surface area contributed by atoms with Gasteiger partial charge in [-0.1, -0.05) is 32.6 Å². The first-order valence-electron chi connectivity index (χ1n) is 4.35. The van der Waals surface area contributed by atoms with Crippen molar-refractivity contribution < 1.29 is 9.72 Å². The first-order valence-corrected chi connectivity index (χ1v) is 4.35. The Hall–Kier alpha value is -0.930. The summed E-state index contributed by atoms with van der Waals surface area (Å²) in [5, 5.41) is 9.88. The SMILES string of the molecule is CCCCCCCC(=O)[N+](=O)[O-]. The second kappa shape index (κ2) is 6.76. The summed E-state index contributed by atoms with van der Waals surface area (Å²) in [4.78, 5) is 19.5. The molecule has 0 aliphatic heterocycles. The van der Waals surface area contributed by atoms with Crippen LogP contribution in [0.15, 0.2) is 0 Å². The van der Waals surface area contributed by atoms with Crippen molar-refractivity contribution in [3.05, 3.63) is 10.1 Å². The van der Waals surface area contributed by atoms with Crippen molar-refractivity contribution in [2.24, 2.45) is 0 Å². The average molecular weight is 173 g/mol. The molecular formula is C8H15NO3. The lowest BCUT2D eigenvalue weighted by molar-refractivity contribution is -0.402. The smallest absolute Gasteiger partial charge is 0.256 e. The van der Waals surface area contributed by atoms with Gasteiger partial charge in [0, 0.05) is 0 Å². The molecular weight excluding hydrogens is 158 g/mol. The van der Waals surface area contributed by atoms with Gasteiger partial charge in [0.1, 0.15) is 4.92 Å². The normalized spacial score (nSPS) is 9.75. The van der Waals surface area contributed by atoms with Crippen LogP contribution in [0.3, 0.4) is 0 Å². The summed E-state index contributed by atoms with van der Waals surface area (Å²) in [6, 6.07) is 0. The highest BCUT2D eigenvalue weighted by molar-refractivity contribution is 5.66. The van der Waals surface area contributed by atoms with E-state index in [0.717, 1.165) is 25.7 Å². The van der Waals surface area contributed by atoms with E-state index in [1.807, 2.05) is 0 Å². The molecule has 0 heterocycles. The molecule has 0 rings (SSSR count). The first-order chi connectivity index (χ1) is 5.68. The Labute approximate surface area is 72.1 Å². The van der Waals surface area contributed by atoms with E-state index < -0.39 is 10.8 Å². The van der Waals surface area contributed by atoms with Crippen LogP contribution in [0.5, 0.6) is 0 Å². The maximum Gasteiger partial charge on any atom is 0.444 e. The van der Waals surface area contributed by atoms with Gasteiger partial charge in [-0.25, -0.2) is 4.79 Å². The summed E-state index contributed by atoms with van der Waals surface area (Å²) in [6.45, 7) is 2.10. The van der Waals surface area contributed by atoms with Crippen molar-refractivity contribution in [3.8, 4) is 0 Å². The molecule has 0 N–H and O–H groups in total. The number of nitrogens with zero attached hydrogens (tertiary/aromatic N) is 1. The zero-order chi connectivity index (χ0) is 9.40. The zero-order valence-corrected chi connectivity index (χ0v) is 7.41. The Balaban J connectivity index is 3.20. The van der Waals surface area contributed by atoms with E-state index in [2.05, 4.69) is 6.92 Å². The molecule has 0 fully saturated rings. The van der Waals surface area contributed by atoms with Gasteiger partial charge in [0.25, 0.3) is 0 Å². The lowest BCUT2D eigenvalue weighted by Gasteiger charge is -1.95. The van der Waals surface area contributed by atoms with Crippen LogP contribution in [0.4, 0.5) is 0 Å². The molecule has 0 bridgehead atoms. The minimum absolute atomic E-state index is 0.0940. The van der Waals surface area contributed by atoms with Crippen molar-refractivity contribution >= 4 is 5.91 Å². The molecule has 0 aromatic heterocycles. The van der Waals surface area contributed by atoms with Gasteiger partial charge in [0.05, 0.1) is 6.42 Å². The van der Waals surface area contributed by atoms with Crippen LogP contribution in [-0.2, 0) is 4.79 Å². The standard InChI is InChI=1S/C8H15NO3/c1-2-3-4-5-6-7-8(10)9(11)12/h2-7H2,1H3. The summed E-state index contributed by atoms with van der Waals surface area (Å²) in [5.74, 6) is -0.855. The van der Waals surface area contributed by atoms with Gasteiger partial charge in [0.2, 0.25) is 0 Å². The molecule has 0 saturated carbocycles. The second-order valence-electron chi connectivity index (χ2n) is 2.82. The molecule has 70 valence electrons. The summed E-state index contributed by atoms with van der Waals surface area (Å²) in [5.41, 5.74) is 0. The maximum atomic E-state index is 10.5. The minimum Gasteiger partial charge on any atom is -0.256 e. The van der Waals surface area contributed by atoms with Gasteiger partial charge in [-0.3, -0.25) is 10.1 Å². The summed E-state index contributed by atoms with van der Waals surface area (Å²) < 4.78 is 0. The molecule has 0 aromatic carbocycles. The van der Waals surface area contributed by atoms with Crippen LogP contribution < -0.4 is 0 Å². The molecule has 0 aliphatic rings. The molecule has 12 heavy (non-hydrogen) atoms. The molecule has 0 radical (unpaired) electrons. The predicted molar refractivity (Wildman–Crippen MR) is 45.4 cm³/mol. The number of nitro groups is 1. The Morgan fingerprint density at radius 1 is 1.25 bits per heavy atom. The van der Waals surface area contributed by atoms with Crippen LogP contribution in [0, 0.1) is 10.1 Å². The van der Waals surface area contributed by atoms with Crippen LogP contribution >= 0.6 is 0 Å². The van der Waals surface area contributed by atoms with Gasteiger partial charge in [-0.05, 0) is 6.42 Å². The predicted octanol–water partition coefficient (Wildman–Crippen LogP) is 2.15. The highest BCUT2D eigenvalue weighted by Crippen LogP contribution is 2.05. The van der Waals surface area contributed by atoms with Crippen LogP contribution in [0.2, 0.25) is 0 Å². The van der Waals surface area contributed by atoms with Crippen molar-refractivity contribution in [1.82, 2.24) is 0 Å². The van der Waals surface area contributed by atoms with Crippen LogP contribution in [-0.4, -0.2) is 10.8 Å². The zero-order valence-electron chi connectivity index (χ0n) is 7.41. The second-order valence-corrected chi connectivity index (χ2v) is 2.82. The van der Waals surface area contributed by atoms with E-state index in [-0.39, 0.29) is 6.42 Å². The molecule has 0 saturated heterocycles. The number of carbonyl (C=O) groups excluding carboxylic acids is 1. The number of hydrogen-bond acceptors (Lipinski definition) is 3. The molecule has 4 heteroatoms. The van der Waals surface area contributed by atoms with E-state index in [4.69, 9.17) is 0 Å². The lowest BCUT2D eigenvalue weighted by atomic mass is 10.1. The first kappa shape index (κ1) is 11.1.